The molecule has 0 unspecified atom stereocenters. The van der Waals surface area contributed by atoms with E-state index in [0.717, 1.165) is 5.56 Å². The van der Waals surface area contributed by atoms with E-state index in [9.17, 15) is 9.18 Å². The molecular weight excluding hydrogens is 255 g/mol. The molecule has 0 saturated heterocycles. The Labute approximate surface area is 116 Å². The second-order valence-corrected chi connectivity index (χ2v) is 4.35. The van der Waals surface area contributed by atoms with Crippen LogP contribution in [0.25, 0.3) is 0 Å². The zero-order chi connectivity index (χ0) is 14.4. The lowest BCUT2D eigenvalue weighted by atomic mass is 10.1. The summed E-state index contributed by atoms with van der Waals surface area (Å²) in [4.78, 5) is 11.9. The van der Waals surface area contributed by atoms with Gasteiger partial charge in [0.25, 0.3) is 5.91 Å². The first-order chi connectivity index (χ1) is 9.69. The number of nitrogens with one attached hydrogen (secondary N) is 1. The van der Waals surface area contributed by atoms with Gasteiger partial charge in [-0.2, -0.15) is 5.26 Å². The molecule has 0 saturated carbocycles. The highest BCUT2D eigenvalue weighted by Gasteiger charge is 2.13. The van der Waals surface area contributed by atoms with E-state index in [2.05, 4.69) is 11.4 Å². The molecule has 1 amide bonds. The van der Waals surface area contributed by atoms with Gasteiger partial charge < -0.3 is 5.32 Å². The van der Waals surface area contributed by atoms with Crippen molar-refractivity contribution in [3.05, 3.63) is 71.5 Å². The molecule has 0 fully saturated rings. The van der Waals surface area contributed by atoms with E-state index >= 15 is 0 Å². The molecule has 20 heavy (non-hydrogen) atoms. The predicted octanol–water partition coefficient (Wildman–Crippen LogP) is 2.69. The Kier molecular flexibility index (Phi) is 4.46. The van der Waals surface area contributed by atoms with Gasteiger partial charge in [-0.1, -0.05) is 30.3 Å². The third-order valence-electron chi connectivity index (χ3n) is 2.85. The topological polar surface area (TPSA) is 52.9 Å². The third-order valence-corrected chi connectivity index (χ3v) is 2.85. The van der Waals surface area contributed by atoms with Gasteiger partial charge in [-0.25, -0.2) is 4.39 Å². The molecule has 2 aromatic rings. The number of benzene rings is 2. The lowest BCUT2D eigenvalue weighted by molar-refractivity contribution is 0.0945. The Hall–Kier alpha value is -2.67. The number of halogens is 1. The van der Waals surface area contributed by atoms with E-state index < -0.39 is 11.9 Å². The van der Waals surface area contributed by atoms with Gasteiger partial charge in [0.1, 0.15) is 11.9 Å². The second kappa shape index (κ2) is 6.48. The number of hydrogen-bond acceptors (Lipinski definition) is 2. The van der Waals surface area contributed by atoms with Crippen LogP contribution in [0.15, 0.2) is 54.6 Å². The lowest BCUT2D eigenvalue weighted by Gasteiger charge is -2.11. The first-order valence-corrected chi connectivity index (χ1v) is 6.19. The smallest absolute Gasteiger partial charge is 0.252 e. The van der Waals surface area contributed by atoms with Crippen LogP contribution in [0.3, 0.4) is 0 Å². The van der Waals surface area contributed by atoms with Crippen LogP contribution in [0, 0.1) is 17.1 Å². The highest BCUT2D eigenvalue weighted by atomic mass is 19.1. The van der Waals surface area contributed by atoms with Crippen molar-refractivity contribution in [3.63, 3.8) is 0 Å². The van der Waals surface area contributed by atoms with E-state index in [4.69, 9.17) is 5.26 Å². The summed E-state index contributed by atoms with van der Waals surface area (Å²) in [5.74, 6) is -0.782. The molecule has 0 radical (unpaired) electrons. The monoisotopic (exact) mass is 268 g/mol. The minimum absolute atomic E-state index is 0.333. The van der Waals surface area contributed by atoms with Crippen molar-refractivity contribution in [2.24, 2.45) is 0 Å². The zero-order valence-corrected chi connectivity index (χ0v) is 10.7. The Balaban J connectivity index is 2.01. The summed E-state index contributed by atoms with van der Waals surface area (Å²) >= 11 is 0. The summed E-state index contributed by atoms with van der Waals surface area (Å²) in [5, 5.41) is 11.7. The van der Waals surface area contributed by atoms with Gasteiger partial charge in [-0.15, -0.1) is 0 Å². The number of hydrogen-bond donors (Lipinski definition) is 1. The van der Waals surface area contributed by atoms with Gasteiger partial charge in [0.05, 0.1) is 6.07 Å². The van der Waals surface area contributed by atoms with Crippen molar-refractivity contribution in [2.75, 3.05) is 0 Å². The fourth-order valence-corrected chi connectivity index (χ4v) is 1.82. The molecule has 2 aromatic carbocycles. The van der Waals surface area contributed by atoms with Crippen molar-refractivity contribution in [2.45, 2.75) is 12.5 Å². The molecule has 4 heteroatoms. The maximum Gasteiger partial charge on any atom is 0.252 e. The van der Waals surface area contributed by atoms with E-state index in [-0.39, 0.29) is 5.91 Å². The van der Waals surface area contributed by atoms with E-state index in [1.165, 1.54) is 24.3 Å². The Bertz CT molecular complexity index is 617. The van der Waals surface area contributed by atoms with Crippen LogP contribution < -0.4 is 5.32 Å². The van der Waals surface area contributed by atoms with Crippen LogP contribution >= 0.6 is 0 Å². The Morgan fingerprint density at radius 1 is 1.15 bits per heavy atom. The van der Waals surface area contributed by atoms with Crippen LogP contribution in [-0.4, -0.2) is 11.9 Å². The number of amides is 1. The van der Waals surface area contributed by atoms with Gasteiger partial charge in [0.2, 0.25) is 0 Å². The number of nitriles is 1. The Morgan fingerprint density at radius 2 is 1.80 bits per heavy atom. The van der Waals surface area contributed by atoms with Crippen molar-refractivity contribution in [1.82, 2.24) is 5.32 Å². The normalized spacial score (nSPS) is 11.4. The standard InChI is InChI=1S/C16H13FN2O/c17-14-8-6-13(7-9-14)16(20)19-15(11-18)10-12-4-2-1-3-5-12/h1-9,15H,10H2,(H,19,20)/t15-/m0/s1. The average Bonchev–Trinajstić information content (AvgIpc) is 2.48. The predicted molar refractivity (Wildman–Crippen MR) is 73.4 cm³/mol. The maximum atomic E-state index is 12.8. The van der Waals surface area contributed by atoms with Gasteiger partial charge in [-0.05, 0) is 29.8 Å². The average molecular weight is 268 g/mol. The highest BCUT2D eigenvalue weighted by Crippen LogP contribution is 2.06. The van der Waals surface area contributed by atoms with Gasteiger partial charge in [0.15, 0.2) is 0 Å². The molecular formula is C16H13FN2O. The van der Waals surface area contributed by atoms with E-state index in [1.807, 2.05) is 30.3 Å². The first-order valence-electron chi connectivity index (χ1n) is 6.19. The summed E-state index contributed by atoms with van der Waals surface area (Å²) in [7, 11) is 0. The highest BCUT2D eigenvalue weighted by molar-refractivity contribution is 5.94. The summed E-state index contributed by atoms with van der Waals surface area (Å²) in [6.45, 7) is 0. The zero-order valence-electron chi connectivity index (χ0n) is 10.7. The summed E-state index contributed by atoms with van der Waals surface area (Å²) < 4.78 is 12.8. The van der Waals surface area contributed by atoms with Gasteiger partial charge in [0, 0.05) is 12.0 Å². The molecule has 0 spiro atoms. The van der Waals surface area contributed by atoms with Crippen LogP contribution in [0.4, 0.5) is 4.39 Å². The number of rotatable bonds is 4. The molecule has 0 aliphatic carbocycles. The molecule has 0 aromatic heterocycles. The summed E-state index contributed by atoms with van der Waals surface area (Å²) in [5.41, 5.74) is 1.30. The van der Waals surface area contributed by atoms with E-state index in [1.54, 1.807) is 0 Å². The molecule has 0 aliphatic rings. The quantitative estimate of drug-likeness (QED) is 0.926. The molecule has 2 rings (SSSR count). The van der Waals surface area contributed by atoms with E-state index in [0.29, 0.717) is 12.0 Å². The van der Waals surface area contributed by atoms with Crippen molar-refractivity contribution in [3.8, 4) is 6.07 Å². The maximum absolute atomic E-state index is 12.8. The Morgan fingerprint density at radius 3 is 2.40 bits per heavy atom. The second-order valence-electron chi connectivity index (χ2n) is 4.35. The van der Waals surface area contributed by atoms with Crippen molar-refractivity contribution < 1.29 is 9.18 Å². The van der Waals surface area contributed by atoms with Crippen molar-refractivity contribution in [1.29, 1.82) is 5.26 Å². The first kappa shape index (κ1) is 13.8. The largest absolute Gasteiger partial charge is 0.336 e. The molecule has 0 heterocycles. The number of carbonyl (C=O) groups is 1. The molecule has 1 N–H and O–H groups in total. The summed E-state index contributed by atoms with van der Waals surface area (Å²) in [6.07, 6.45) is 0.435. The third kappa shape index (κ3) is 3.66. The molecule has 3 nitrogen and oxygen atoms in total. The number of carbonyl (C=O) groups excluding carboxylic acids is 1. The molecule has 0 bridgehead atoms. The minimum Gasteiger partial charge on any atom is -0.336 e. The van der Waals surface area contributed by atoms with Crippen LogP contribution in [0.2, 0.25) is 0 Å². The van der Waals surface area contributed by atoms with Gasteiger partial charge in [-0.3, -0.25) is 4.79 Å². The SMILES string of the molecule is N#C[C@H](Cc1ccccc1)NC(=O)c1ccc(F)cc1. The fourth-order valence-electron chi connectivity index (χ4n) is 1.82. The van der Waals surface area contributed by atoms with Crippen molar-refractivity contribution >= 4 is 5.91 Å². The van der Waals surface area contributed by atoms with Gasteiger partial charge >= 0.3 is 0 Å². The van der Waals surface area contributed by atoms with Crippen LogP contribution in [0.5, 0.6) is 0 Å². The molecule has 1 atom stereocenters. The van der Waals surface area contributed by atoms with Crippen LogP contribution in [0.1, 0.15) is 15.9 Å². The summed E-state index contributed by atoms with van der Waals surface area (Å²) in [6, 6.07) is 16.1. The molecule has 0 aliphatic heterocycles. The lowest BCUT2D eigenvalue weighted by Crippen LogP contribution is -2.35. The number of nitrogens with zero attached hydrogens (tertiary/aromatic N) is 1. The van der Waals surface area contributed by atoms with Crippen LogP contribution in [-0.2, 0) is 6.42 Å². The fraction of sp³-hybridized carbons (Fsp3) is 0.125. The molecule has 100 valence electrons. The minimum atomic E-state index is -0.616.